The normalized spacial score (nSPS) is 21.7. The highest BCUT2D eigenvalue weighted by Gasteiger charge is 2.31. The number of nitrogens with one attached hydrogen (secondary N) is 1. The summed E-state index contributed by atoms with van der Waals surface area (Å²) in [6.07, 6.45) is 3.79. The van der Waals surface area contributed by atoms with Crippen LogP contribution in [-0.2, 0) is 10.0 Å². The molecule has 1 aliphatic rings. The van der Waals surface area contributed by atoms with Crippen LogP contribution in [0.25, 0.3) is 0 Å². The number of halogens is 1. The first kappa shape index (κ1) is 16.3. The maximum Gasteiger partial charge on any atom is 0.242 e. The molecule has 4 nitrogen and oxygen atoms in total. The number of nitrogens with zero attached hydrogens (tertiary/aromatic N) is 1. The quantitative estimate of drug-likeness (QED) is 0.924. The zero-order valence-corrected chi connectivity index (χ0v) is 13.8. The minimum absolute atomic E-state index is 0.0338. The standard InChI is InChI=1S/C15H19ClN2O2S/c1-15(2)7-3-4-12(9-15)18-21(19,20)14-6-5-11(10-17)8-13(14)16/h5-6,8,12,18H,3-4,7,9H2,1-2H3. The molecule has 21 heavy (non-hydrogen) atoms. The van der Waals surface area contributed by atoms with Crippen LogP contribution in [0.15, 0.2) is 23.1 Å². The Morgan fingerprint density at radius 3 is 2.71 bits per heavy atom. The molecule has 0 spiro atoms. The molecule has 114 valence electrons. The molecule has 1 saturated carbocycles. The summed E-state index contributed by atoms with van der Waals surface area (Å²) in [5, 5.41) is 8.88. The predicted octanol–water partition coefficient (Wildman–Crippen LogP) is 3.46. The van der Waals surface area contributed by atoms with Crippen molar-refractivity contribution in [3.05, 3.63) is 28.8 Å². The molecule has 0 radical (unpaired) electrons. The second kappa shape index (κ2) is 5.96. The van der Waals surface area contributed by atoms with Gasteiger partial charge in [0.15, 0.2) is 0 Å². The third-order valence-corrected chi connectivity index (χ3v) is 5.88. The molecule has 0 heterocycles. The van der Waals surface area contributed by atoms with Gasteiger partial charge in [-0.3, -0.25) is 0 Å². The number of nitriles is 1. The van der Waals surface area contributed by atoms with E-state index in [1.165, 1.54) is 18.2 Å². The molecule has 1 atom stereocenters. The van der Waals surface area contributed by atoms with E-state index in [1.807, 2.05) is 6.07 Å². The Kier molecular flexibility index (Phi) is 4.62. The van der Waals surface area contributed by atoms with Gasteiger partial charge in [0.2, 0.25) is 10.0 Å². The Balaban J connectivity index is 2.21. The fraction of sp³-hybridized carbons (Fsp3) is 0.533. The van der Waals surface area contributed by atoms with Crippen LogP contribution in [0.3, 0.4) is 0 Å². The Morgan fingerprint density at radius 1 is 1.43 bits per heavy atom. The highest BCUT2D eigenvalue weighted by atomic mass is 35.5. The minimum Gasteiger partial charge on any atom is -0.208 e. The number of hydrogen-bond donors (Lipinski definition) is 1. The van der Waals surface area contributed by atoms with Gasteiger partial charge in [-0.25, -0.2) is 13.1 Å². The Morgan fingerprint density at radius 2 is 2.14 bits per heavy atom. The molecule has 0 bridgehead atoms. The van der Waals surface area contributed by atoms with E-state index >= 15 is 0 Å². The van der Waals surface area contributed by atoms with Gasteiger partial charge in [0.25, 0.3) is 0 Å². The highest BCUT2D eigenvalue weighted by Crippen LogP contribution is 2.36. The Labute approximate surface area is 131 Å². The molecule has 0 amide bonds. The summed E-state index contributed by atoms with van der Waals surface area (Å²) in [5.41, 5.74) is 0.498. The number of rotatable bonds is 3. The molecule has 0 saturated heterocycles. The van der Waals surface area contributed by atoms with E-state index in [0.717, 1.165) is 25.7 Å². The zero-order valence-electron chi connectivity index (χ0n) is 12.2. The molecule has 1 N–H and O–H groups in total. The van der Waals surface area contributed by atoms with Gasteiger partial charge in [0.05, 0.1) is 16.7 Å². The number of benzene rings is 1. The van der Waals surface area contributed by atoms with Crippen LogP contribution < -0.4 is 4.72 Å². The maximum atomic E-state index is 12.5. The zero-order chi connectivity index (χ0) is 15.7. The summed E-state index contributed by atoms with van der Waals surface area (Å²) in [6, 6.07) is 6.10. The van der Waals surface area contributed by atoms with E-state index in [-0.39, 0.29) is 21.4 Å². The smallest absolute Gasteiger partial charge is 0.208 e. The molecule has 1 aliphatic carbocycles. The fourth-order valence-corrected chi connectivity index (χ4v) is 4.69. The van der Waals surface area contributed by atoms with E-state index in [9.17, 15) is 8.42 Å². The van der Waals surface area contributed by atoms with E-state index < -0.39 is 10.0 Å². The van der Waals surface area contributed by atoms with Gasteiger partial charge in [-0.05, 0) is 42.9 Å². The summed E-state index contributed by atoms with van der Waals surface area (Å²) in [4.78, 5) is 0.0338. The van der Waals surface area contributed by atoms with Crippen LogP contribution in [0, 0.1) is 16.7 Å². The van der Waals surface area contributed by atoms with Crippen LogP contribution in [0.2, 0.25) is 5.02 Å². The second-order valence-corrected chi connectivity index (χ2v) is 8.43. The Hall–Kier alpha value is -1.09. The largest absolute Gasteiger partial charge is 0.242 e. The van der Waals surface area contributed by atoms with Crippen LogP contribution in [0.4, 0.5) is 0 Å². The molecular weight excluding hydrogens is 308 g/mol. The lowest BCUT2D eigenvalue weighted by molar-refractivity contribution is 0.212. The number of hydrogen-bond acceptors (Lipinski definition) is 3. The number of sulfonamides is 1. The molecule has 1 fully saturated rings. The van der Waals surface area contributed by atoms with Gasteiger partial charge in [-0.2, -0.15) is 5.26 Å². The van der Waals surface area contributed by atoms with Crippen molar-refractivity contribution in [3.63, 3.8) is 0 Å². The van der Waals surface area contributed by atoms with Crippen LogP contribution >= 0.6 is 11.6 Å². The highest BCUT2D eigenvalue weighted by molar-refractivity contribution is 7.89. The van der Waals surface area contributed by atoms with E-state index in [2.05, 4.69) is 18.6 Å². The van der Waals surface area contributed by atoms with E-state index in [0.29, 0.717) is 5.56 Å². The molecule has 1 aromatic carbocycles. The van der Waals surface area contributed by atoms with Crippen molar-refractivity contribution >= 4 is 21.6 Å². The molecular formula is C15H19ClN2O2S. The lowest BCUT2D eigenvalue weighted by atomic mass is 9.75. The topological polar surface area (TPSA) is 70.0 Å². The van der Waals surface area contributed by atoms with Crippen molar-refractivity contribution in [3.8, 4) is 6.07 Å². The van der Waals surface area contributed by atoms with Crippen molar-refractivity contribution in [1.82, 2.24) is 4.72 Å². The SMILES string of the molecule is CC1(C)CCCC(NS(=O)(=O)c2ccc(C#N)cc2Cl)C1. The van der Waals surface area contributed by atoms with Crippen molar-refractivity contribution in [1.29, 1.82) is 5.26 Å². The molecule has 1 unspecified atom stereocenters. The minimum atomic E-state index is -3.66. The molecule has 0 aromatic heterocycles. The first-order valence-corrected chi connectivity index (χ1v) is 8.82. The summed E-state index contributed by atoms with van der Waals surface area (Å²) in [5.74, 6) is 0. The first-order chi connectivity index (χ1) is 9.73. The third kappa shape index (κ3) is 3.97. The fourth-order valence-electron chi connectivity index (χ4n) is 2.87. The van der Waals surface area contributed by atoms with E-state index in [4.69, 9.17) is 16.9 Å². The average Bonchev–Trinajstić information content (AvgIpc) is 2.36. The molecule has 6 heteroatoms. The monoisotopic (exact) mass is 326 g/mol. The lowest BCUT2D eigenvalue weighted by Crippen LogP contribution is -2.40. The maximum absolute atomic E-state index is 12.5. The van der Waals surface area contributed by atoms with Crippen molar-refractivity contribution in [2.24, 2.45) is 5.41 Å². The van der Waals surface area contributed by atoms with Gasteiger partial charge in [-0.1, -0.05) is 31.9 Å². The average molecular weight is 327 g/mol. The van der Waals surface area contributed by atoms with Gasteiger partial charge in [-0.15, -0.1) is 0 Å². The van der Waals surface area contributed by atoms with Crippen molar-refractivity contribution < 1.29 is 8.42 Å². The van der Waals surface area contributed by atoms with Gasteiger partial charge in [0.1, 0.15) is 4.90 Å². The molecule has 1 aromatic rings. The van der Waals surface area contributed by atoms with Crippen LogP contribution in [0.5, 0.6) is 0 Å². The van der Waals surface area contributed by atoms with Gasteiger partial charge in [0, 0.05) is 6.04 Å². The van der Waals surface area contributed by atoms with Crippen LogP contribution in [0.1, 0.15) is 45.1 Å². The summed E-state index contributed by atoms with van der Waals surface area (Å²) in [6.45, 7) is 4.31. The van der Waals surface area contributed by atoms with Gasteiger partial charge >= 0.3 is 0 Å². The second-order valence-electron chi connectivity index (χ2n) is 6.34. The third-order valence-electron chi connectivity index (χ3n) is 3.88. The van der Waals surface area contributed by atoms with Crippen molar-refractivity contribution in [2.75, 3.05) is 0 Å². The van der Waals surface area contributed by atoms with Crippen molar-refractivity contribution in [2.45, 2.75) is 50.5 Å². The van der Waals surface area contributed by atoms with Gasteiger partial charge < -0.3 is 0 Å². The summed E-state index contributed by atoms with van der Waals surface area (Å²) in [7, 11) is -3.66. The van der Waals surface area contributed by atoms with E-state index in [1.54, 1.807) is 0 Å². The Bertz CT molecular complexity index is 677. The van der Waals surface area contributed by atoms with Crippen LogP contribution in [-0.4, -0.2) is 14.5 Å². The predicted molar refractivity (Wildman–Crippen MR) is 82.5 cm³/mol. The first-order valence-electron chi connectivity index (χ1n) is 6.95. The lowest BCUT2D eigenvalue weighted by Gasteiger charge is -2.35. The molecule has 2 rings (SSSR count). The summed E-state index contributed by atoms with van der Waals surface area (Å²) >= 11 is 6.00. The summed E-state index contributed by atoms with van der Waals surface area (Å²) < 4.78 is 27.7. The molecule has 0 aliphatic heterocycles.